The van der Waals surface area contributed by atoms with Crippen LogP contribution in [0.15, 0.2) is 6.33 Å². The molecule has 0 bridgehead atoms. The van der Waals surface area contributed by atoms with E-state index in [2.05, 4.69) is 29.1 Å². The van der Waals surface area contributed by atoms with Crippen LogP contribution in [0.1, 0.15) is 39.2 Å². The summed E-state index contributed by atoms with van der Waals surface area (Å²) in [5.74, 6) is 1.64. The molecule has 0 atom stereocenters. The number of aromatic nitrogens is 2. The van der Waals surface area contributed by atoms with Gasteiger partial charge in [0.2, 0.25) is 5.88 Å². The molecule has 0 radical (unpaired) electrons. The molecule has 1 aromatic heterocycles. The summed E-state index contributed by atoms with van der Waals surface area (Å²) in [6.45, 7) is 7.82. The van der Waals surface area contributed by atoms with Crippen molar-refractivity contribution < 1.29 is 4.74 Å². The zero-order chi connectivity index (χ0) is 11.8. The first kappa shape index (κ1) is 12.7. The summed E-state index contributed by atoms with van der Waals surface area (Å²) in [6, 6.07) is 0. The Morgan fingerprint density at radius 1 is 1.19 bits per heavy atom. The molecule has 4 heteroatoms. The zero-order valence-corrected chi connectivity index (χ0v) is 10.4. The van der Waals surface area contributed by atoms with E-state index in [1.54, 1.807) is 6.33 Å². The maximum Gasteiger partial charge on any atom is 0.221 e. The Morgan fingerprint density at radius 2 is 2.00 bits per heavy atom. The average molecular weight is 223 g/mol. The topological polar surface area (TPSA) is 47.0 Å². The van der Waals surface area contributed by atoms with Gasteiger partial charge in [-0.15, -0.1) is 0 Å². The van der Waals surface area contributed by atoms with Crippen molar-refractivity contribution in [2.24, 2.45) is 0 Å². The van der Waals surface area contributed by atoms with Gasteiger partial charge in [-0.2, -0.15) is 0 Å². The second-order valence-corrected chi connectivity index (χ2v) is 3.62. The molecular weight excluding hydrogens is 202 g/mol. The van der Waals surface area contributed by atoms with Crippen molar-refractivity contribution in [1.29, 1.82) is 0 Å². The van der Waals surface area contributed by atoms with Crippen LogP contribution in [-0.4, -0.2) is 23.1 Å². The maximum atomic E-state index is 5.52. The van der Waals surface area contributed by atoms with Gasteiger partial charge in [0, 0.05) is 6.54 Å². The molecule has 0 saturated heterocycles. The lowest BCUT2D eigenvalue weighted by Crippen LogP contribution is -2.08. The molecule has 4 nitrogen and oxygen atoms in total. The molecule has 0 fully saturated rings. The quantitative estimate of drug-likeness (QED) is 0.772. The van der Waals surface area contributed by atoms with E-state index in [0.29, 0.717) is 6.61 Å². The van der Waals surface area contributed by atoms with Gasteiger partial charge in [0.25, 0.3) is 0 Å². The zero-order valence-electron chi connectivity index (χ0n) is 10.4. The van der Waals surface area contributed by atoms with E-state index in [1.165, 1.54) is 0 Å². The van der Waals surface area contributed by atoms with Crippen LogP contribution in [0.25, 0.3) is 0 Å². The number of hydrogen-bond donors (Lipinski definition) is 1. The monoisotopic (exact) mass is 223 g/mol. The van der Waals surface area contributed by atoms with Gasteiger partial charge in [0.15, 0.2) is 0 Å². The summed E-state index contributed by atoms with van der Waals surface area (Å²) in [5.41, 5.74) is 1.10. The number of ether oxygens (including phenoxy) is 1. The highest BCUT2D eigenvalue weighted by Gasteiger charge is 2.10. The number of anilines is 1. The Kier molecular flexibility index (Phi) is 5.61. The van der Waals surface area contributed by atoms with Crippen LogP contribution in [0, 0.1) is 0 Å². The van der Waals surface area contributed by atoms with Crippen molar-refractivity contribution in [3.63, 3.8) is 0 Å². The summed E-state index contributed by atoms with van der Waals surface area (Å²) in [4.78, 5) is 8.46. The third kappa shape index (κ3) is 3.36. The number of hydrogen-bond acceptors (Lipinski definition) is 4. The molecule has 90 valence electrons. The summed E-state index contributed by atoms with van der Waals surface area (Å²) in [6.07, 6.45) is 4.65. The number of nitrogens with one attached hydrogen (secondary N) is 1. The van der Waals surface area contributed by atoms with E-state index < -0.39 is 0 Å². The van der Waals surface area contributed by atoms with Crippen LogP contribution in [0.4, 0.5) is 5.82 Å². The van der Waals surface area contributed by atoms with E-state index in [-0.39, 0.29) is 0 Å². The third-order valence-electron chi connectivity index (χ3n) is 2.23. The smallest absolute Gasteiger partial charge is 0.221 e. The molecular formula is C12H21N3O. The second kappa shape index (κ2) is 7.04. The van der Waals surface area contributed by atoms with Gasteiger partial charge in [0.05, 0.1) is 12.2 Å². The van der Waals surface area contributed by atoms with Gasteiger partial charge in [-0.3, -0.25) is 0 Å². The summed E-state index contributed by atoms with van der Waals surface area (Å²) in [5, 5.41) is 3.32. The molecule has 1 N–H and O–H groups in total. The first-order valence-corrected chi connectivity index (χ1v) is 6.03. The predicted molar refractivity (Wildman–Crippen MR) is 66.0 cm³/mol. The Morgan fingerprint density at radius 3 is 2.62 bits per heavy atom. The Labute approximate surface area is 97.5 Å². The fourth-order valence-corrected chi connectivity index (χ4v) is 1.53. The van der Waals surface area contributed by atoms with Gasteiger partial charge in [-0.1, -0.05) is 20.3 Å². The third-order valence-corrected chi connectivity index (χ3v) is 2.23. The van der Waals surface area contributed by atoms with Crippen LogP contribution < -0.4 is 10.1 Å². The molecule has 16 heavy (non-hydrogen) atoms. The molecule has 0 unspecified atom stereocenters. The van der Waals surface area contributed by atoms with E-state index >= 15 is 0 Å². The predicted octanol–water partition coefficient (Wildman–Crippen LogP) is 2.65. The number of nitrogens with zero attached hydrogens (tertiary/aromatic N) is 2. The van der Waals surface area contributed by atoms with Crippen molar-refractivity contribution in [1.82, 2.24) is 9.97 Å². The Balaban J connectivity index is 2.90. The molecule has 0 spiro atoms. The Bertz CT molecular complexity index is 315. The van der Waals surface area contributed by atoms with Crippen molar-refractivity contribution in [3.8, 4) is 5.88 Å². The van der Waals surface area contributed by atoms with Crippen LogP contribution >= 0.6 is 0 Å². The largest absolute Gasteiger partial charge is 0.478 e. The first-order chi connectivity index (χ1) is 7.83. The fraction of sp³-hybridized carbons (Fsp3) is 0.667. The summed E-state index contributed by atoms with van der Waals surface area (Å²) in [7, 11) is 0. The minimum atomic E-state index is 0.640. The highest BCUT2D eigenvalue weighted by molar-refractivity contribution is 5.48. The minimum Gasteiger partial charge on any atom is -0.478 e. The van der Waals surface area contributed by atoms with Crippen molar-refractivity contribution in [2.75, 3.05) is 18.5 Å². The van der Waals surface area contributed by atoms with E-state index in [4.69, 9.17) is 4.74 Å². The molecule has 0 aliphatic rings. The van der Waals surface area contributed by atoms with Gasteiger partial charge in [0.1, 0.15) is 12.1 Å². The van der Waals surface area contributed by atoms with Gasteiger partial charge >= 0.3 is 0 Å². The Hall–Kier alpha value is -1.32. The van der Waals surface area contributed by atoms with Crippen LogP contribution in [0.2, 0.25) is 0 Å². The van der Waals surface area contributed by atoms with Crippen molar-refractivity contribution in [3.05, 3.63) is 11.9 Å². The van der Waals surface area contributed by atoms with E-state index in [1.807, 2.05) is 6.92 Å². The standard InChI is InChI=1S/C12H21N3O/c1-4-7-10-11(13-8-5-2)14-9-15-12(10)16-6-3/h9H,4-8H2,1-3H3,(H,13,14,15). The second-order valence-electron chi connectivity index (χ2n) is 3.62. The SMILES string of the molecule is CCCNc1ncnc(OCC)c1CCC. The van der Waals surface area contributed by atoms with Crippen LogP contribution in [-0.2, 0) is 6.42 Å². The number of rotatable bonds is 7. The molecule has 0 aliphatic heterocycles. The lowest BCUT2D eigenvalue weighted by atomic mass is 10.1. The fourth-order valence-electron chi connectivity index (χ4n) is 1.53. The molecule has 1 aromatic rings. The van der Waals surface area contributed by atoms with Crippen LogP contribution in [0.3, 0.4) is 0 Å². The van der Waals surface area contributed by atoms with Gasteiger partial charge in [-0.05, 0) is 19.8 Å². The van der Waals surface area contributed by atoms with Crippen molar-refractivity contribution >= 4 is 5.82 Å². The average Bonchev–Trinajstić information content (AvgIpc) is 2.30. The molecule has 1 heterocycles. The van der Waals surface area contributed by atoms with Crippen molar-refractivity contribution in [2.45, 2.75) is 40.0 Å². The molecule has 0 saturated carbocycles. The first-order valence-electron chi connectivity index (χ1n) is 6.03. The normalized spacial score (nSPS) is 10.2. The van der Waals surface area contributed by atoms with Gasteiger partial charge < -0.3 is 10.1 Å². The lowest BCUT2D eigenvalue weighted by molar-refractivity contribution is 0.322. The van der Waals surface area contributed by atoms with Gasteiger partial charge in [-0.25, -0.2) is 9.97 Å². The van der Waals surface area contributed by atoms with Crippen LogP contribution in [0.5, 0.6) is 5.88 Å². The van der Waals surface area contributed by atoms with E-state index in [0.717, 1.165) is 43.1 Å². The summed E-state index contributed by atoms with van der Waals surface area (Å²) < 4.78 is 5.52. The lowest BCUT2D eigenvalue weighted by Gasteiger charge is -2.13. The molecule has 0 aromatic carbocycles. The molecule has 0 aliphatic carbocycles. The molecule has 1 rings (SSSR count). The maximum absolute atomic E-state index is 5.52. The van der Waals surface area contributed by atoms with E-state index in [9.17, 15) is 0 Å². The molecule has 0 amide bonds. The highest BCUT2D eigenvalue weighted by Crippen LogP contribution is 2.23. The summed E-state index contributed by atoms with van der Waals surface area (Å²) >= 11 is 0. The highest BCUT2D eigenvalue weighted by atomic mass is 16.5. The minimum absolute atomic E-state index is 0.640.